The molecule has 1 N–H and O–H groups in total. The lowest BCUT2D eigenvalue weighted by molar-refractivity contribution is -0.118. The zero-order chi connectivity index (χ0) is 16.1. The van der Waals surface area contributed by atoms with Gasteiger partial charge in [0.05, 0.1) is 10.6 Å². The number of anilines is 1. The molecule has 6 heteroatoms. The maximum absolute atomic E-state index is 12.0. The molecular formula is C17H16N2O2S2. The number of thiophene rings is 1. The number of aryl methyl sites for hydroxylation is 1. The Bertz CT molecular complexity index is 782. The van der Waals surface area contributed by atoms with E-state index in [1.807, 2.05) is 47.2 Å². The summed E-state index contributed by atoms with van der Waals surface area (Å²) >= 11 is 3.04. The second kappa shape index (κ2) is 7.39. The van der Waals surface area contributed by atoms with Gasteiger partial charge in [-0.05, 0) is 29.5 Å². The number of amides is 1. The molecule has 0 radical (unpaired) electrons. The van der Waals surface area contributed by atoms with Gasteiger partial charge in [-0.2, -0.15) is 0 Å². The van der Waals surface area contributed by atoms with Crippen molar-refractivity contribution in [3.8, 4) is 16.3 Å². The highest BCUT2D eigenvalue weighted by atomic mass is 32.1. The van der Waals surface area contributed by atoms with Crippen LogP contribution in [-0.4, -0.2) is 17.5 Å². The molecule has 118 valence electrons. The van der Waals surface area contributed by atoms with Gasteiger partial charge >= 0.3 is 0 Å². The molecule has 0 spiro atoms. The Morgan fingerprint density at radius 2 is 2.09 bits per heavy atom. The molecule has 2 aromatic heterocycles. The third-order valence-electron chi connectivity index (χ3n) is 3.24. The largest absolute Gasteiger partial charge is 0.483 e. The van der Waals surface area contributed by atoms with E-state index >= 15 is 0 Å². The molecule has 1 aromatic carbocycles. The van der Waals surface area contributed by atoms with Gasteiger partial charge in [0.15, 0.2) is 11.7 Å². The van der Waals surface area contributed by atoms with E-state index in [9.17, 15) is 4.79 Å². The Hall–Kier alpha value is -2.18. The van der Waals surface area contributed by atoms with Crippen molar-refractivity contribution in [2.24, 2.45) is 0 Å². The fraction of sp³-hybridized carbons (Fsp3) is 0.176. The van der Waals surface area contributed by atoms with Crippen LogP contribution in [0.5, 0.6) is 5.75 Å². The zero-order valence-corrected chi connectivity index (χ0v) is 14.2. The summed E-state index contributed by atoms with van der Waals surface area (Å²) in [5.74, 6) is 0.548. The summed E-state index contributed by atoms with van der Waals surface area (Å²) in [7, 11) is 0. The Kier molecular flexibility index (Phi) is 5.05. The van der Waals surface area contributed by atoms with E-state index in [0.717, 1.165) is 28.3 Å². The van der Waals surface area contributed by atoms with Gasteiger partial charge < -0.3 is 4.74 Å². The van der Waals surface area contributed by atoms with E-state index in [4.69, 9.17) is 4.74 Å². The molecule has 2 heterocycles. The number of benzene rings is 1. The summed E-state index contributed by atoms with van der Waals surface area (Å²) in [5, 5.41) is 7.31. The van der Waals surface area contributed by atoms with Crippen LogP contribution in [0.1, 0.15) is 12.5 Å². The maximum Gasteiger partial charge on any atom is 0.264 e. The van der Waals surface area contributed by atoms with Crippen molar-refractivity contribution in [3.63, 3.8) is 0 Å². The van der Waals surface area contributed by atoms with Crippen molar-refractivity contribution >= 4 is 33.7 Å². The van der Waals surface area contributed by atoms with Crippen molar-refractivity contribution < 1.29 is 9.53 Å². The number of para-hydroxylation sites is 1. The molecule has 0 bridgehead atoms. The van der Waals surface area contributed by atoms with Crippen LogP contribution in [0.15, 0.2) is 47.2 Å². The van der Waals surface area contributed by atoms with Crippen LogP contribution in [0, 0.1) is 0 Å². The Balaban J connectivity index is 1.57. The zero-order valence-electron chi connectivity index (χ0n) is 12.6. The molecule has 0 fully saturated rings. The van der Waals surface area contributed by atoms with E-state index in [0.29, 0.717) is 5.13 Å². The Morgan fingerprint density at radius 3 is 2.87 bits per heavy atom. The number of hydrogen-bond donors (Lipinski definition) is 1. The van der Waals surface area contributed by atoms with Crippen LogP contribution in [0.2, 0.25) is 0 Å². The minimum atomic E-state index is -0.206. The molecule has 0 aliphatic carbocycles. The number of nitrogens with one attached hydrogen (secondary N) is 1. The number of rotatable bonds is 6. The molecule has 23 heavy (non-hydrogen) atoms. The lowest BCUT2D eigenvalue weighted by atomic mass is 10.1. The first-order valence-electron chi connectivity index (χ1n) is 7.26. The SMILES string of the molecule is CCc1ccccc1OCC(=O)Nc1nc(-c2cccs2)cs1. The molecule has 0 aliphatic heterocycles. The van der Waals surface area contributed by atoms with E-state index in [-0.39, 0.29) is 12.5 Å². The van der Waals surface area contributed by atoms with Gasteiger partial charge in [0.2, 0.25) is 0 Å². The maximum atomic E-state index is 12.0. The van der Waals surface area contributed by atoms with Crippen molar-refractivity contribution in [2.45, 2.75) is 13.3 Å². The van der Waals surface area contributed by atoms with Crippen LogP contribution in [0.4, 0.5) is 5.13 Å². The lowest BCUT2D eigenvalue weighted by Gasteiger charge is -2.09. The third kappa shape index (κ3) is 3.97. The summed E-state index contributed by atoms with van der Waals surface area (Å²) in [6, 6.07) is 11.7. The molecule has 0 atom stereocenters. The van der Waals surface area contributed by atoms with Crippen LogP contribution in [0.3, 0.4) is 0 Å². The number of nitrogens with zero attached hydrogens (tertiary/aromatic N) is 1. The quantitative estimate of drug-likeness (QED) is 0.719. The smallest absolute Gasteiger partial charge is 0.264 e. The fourth-order valence-electron chi connectivity index (χ4n) is 2.10. The van der Waals surface area contributed by atoms with Gasteiger partial charge in [0.25, 0.3) is 5.91 Å². The number of ether oxygens (including phenoxy) is 1. The van der Waals surface area contributed by atoms with Crippen LogP contribution in [-0.2, 0) is 11.2 Å². The summed E-state index contributed by atoms with van der Waals surface area (Å²) < 4.78 is 5.61. The molecule has 3 rings (SSSR count). The predicted molar refractivity (Wildman–Crippen MR) is 95.4 cm³/mol. The molecule has 0 aliphatic rings. The first-order valence-corrected chi connectivity index (χ1v) is 9.02. The van der Waals surface area contributed by atoms with Gasteiger partial charge in [-0.25, -0.2) is 4.98 Å². The number of carbonyl (C=O) groups excluding carboxylic acids is 1. The number of thiazole rings is 1. The first kappa shape index (κ1) is 15.7. The van der Waals surface area contributed by atoms with Crippen LogP contribution < -0.4 is 10.1 Å². The van der Waals surface area contributed by atoms with Gasteiger partial charge in [-0.1, -0.05) is 31.2 Å². The van der Waals surface area contributed by atoms with E-state index in [1.54, 1.807) is 11.3 Å². The molecule has 1 amide bonds. The normalized spacial score (nSPS) is 10.5. The first-order chi connectivity index (χ1) is 11.3. The predicted octanol–water partition coefficient (Wildman–Crippen LogP) is 4.45. The van der Waals surface area contributed by atoms with Crippen LogP contribution in [0.25, 0.3) is 10.6 Å². The fourth-order valence-corrected chi connectivity index (χ4v) is 3.59. The highest BCUT2D eigenvalue weighted by Crippen LogP contribution is 2.28. The van der Waals surface area contributed by atoms with Gasteiger partial charge in [0.1, 0.15) is 5.75 Å². The minimum Gasteiger partial charge on any atom is -0.483 e. The van der Waals surface area contributed by atoms with Crippen molar-refractivity contribution in [1.82, 2.24) is 4.98 Å². The lowest BCUT2D eigenvalue weighted by Crippen LogP contribution is -2.20. The average Bonchev–Trinajstić information content (AvgIpc) is 3.24. The van der Waals surface area contributed by atoms with Gasteiger partial charge in [-0.15, -0.1) is 22.7 Å². The summed E-state index contributed by atoms with van der Waals surface area (Å²) in [6.07, 6.45) is 0.869. The monoisotopic (exact) mass is 344 g/mol. The highest BCUT2D eigenvalue weighted by molar-refractivity contribution is 7.16. The highest BCUT2D eigenvalue weighted by Gasteiger charge is 2.10. The second-order valence-electron chi connectivity index (χ2n) is 4.81. The summed E-state index contributed by atoms with van der Waals surface area (Å²) in [5.41, 5.74) is 1.98. The summed E-state index contributed by atoms with van der Waals surface area (Å²) in [6.45, 7) is 2.04. The molecule has 0 saturated carbocycles. The standard InChI is InChI=1S/C17H16N2O2S2/c1-2-12-6-3-4-7-14(12)21-10-16(20)19-17-18-13(11-23-17)15-8-5-9-22-15/h3-9,11H,2,10H2,1H3,(H,18,19,20). The van der Waals surface area contributed by atoms with Crippen LogP contribution >= 0.6 is 22.7 Å². The van der Waals surface area contributed by atoms with E-state index in [1.165, 1.54) is 11.3 Å². The Labute approximate surface area is 142 Å². The minimum absolute atomic E-state index is 0.0229. The average molecular weight is 344 g/mol. The van der Waals surface area contributed by atoms with Crippen molar-refractivity contribution in [2.75, 3.05) is 11.9 Å². The number of carbonyl (C=O) groups is 1. The second-order valence-corrected chi connectivity index (χ2v) is 6.62. The number of aromatic nitrogens is 1. The van der Waals surface area contributed by atoms with Gasteiger partial charge in [-0.3, -0.25) is 10.1 Å². The molecular weight excluding hydrogens is 328 g/mol. The van der Waals surface area contributed by atoms with Crippen molar-refractivity contribution in [1.29, 1.82) is 0 Å². The Morgan fingerprint density at radius 1 is 1.22 bits per heavy atom. The molecule has 3 aromatic rings. The van der Waals surface area contributed by atoms with E-state index in [2.05, 4.69) is 17.2 Å². The topological polar surface area (TPSA) is 51.2 Å². The van der Waals surface area contributed by atoms with Crippen molar-refractivity contribution in [3.05, 3.63) is 52.7 Å². The summed E-state index contributed by atoms with van der Waals surface area (Å²) in [4.78, 5) is 17.5. The molecule has 0 unspecified atom stereocenters. The molecule has 4 nitrogen and oxygen atoms in total. The van der Waals surface area contributed by atoms with E-state index < -0.39 is 0 Å². The third-order valence-corrected chi connectivity index (χ3v) is 4.89. The number of hydrogen-bond acceptors (Lipinski definition) is 5. The van der Waals surface area contributed by atoms with Gasteiger partial charge in [0, 0.05) is 5.38 Å². The molecule has 0 saturated heterocycles.